The average Bonchev–Trinajstić information content (AvgIpc) is 2.65. The van der Waals surface area contributed by atoms with E-state index in [2.05, 4.69) is 0 Å². The maximum absolute atomic E-state index is 13.3. The van der Waals surface area contributed by atoms with Gasteiger partial charge in [0.15, 0.2) is 0 Å². The molecule has 1 unspecified atom stereocenters. The van der Waals surface area contributed by atoms with E-state index in [-0.39, 0.29) is 11.7 Å². The van der Waals surface area contributed by atoms with E-state index >= 15 is 0 Å². The van der Waals surface area contributed by atoms with Crippen molar-refractivity contribution in [3.8, 4) is 0 Å². The van der Waals surface area contributed by atoms with Gasteiger partial charge in [-0.15, -0.1) is 0 Å². The zero-order valence-electron chi connectivity index (χ0n) is 12.1. The lowest BCUT2D eigenvalue weighted by atomic mass is 10.0. The topological polar surface area (TPSA) is 38.5 Å². The van der Waals surface area contributed by atoms with Crippen LogP contribution >= 0.6 is 0 Å². The molecule has 2 N–H and O–H groups in total. The summed E-state index contributed by atoms with van der Waals surface area (Å²) in [6, 6.07) is 4.36. The Labute approximate surface area is 122 Å². The van der Waals surface area contributed by atoms with Crippen LogP contribution in [0.1, 0.15) is 24.5 Å². The van der Waals surface area contributed by atoms with Gasteiger partial charge in [-0.25, -0.2) is 0 Å². The van der Waals surface area contributed by atoms with E-state index in [1.165, 1.54) is 6.07 Å². The van der Waals surface area contributed by atoms with Crippen LogP contribution in [0.2, 0.25) is 0 Å². The van der Waals surface area contributed by atoms with Gasteiger partial charge in [-0.3, -0.25) is 0 Å². The van der Waals surface area contributed by atoms with E-state index in [9.17, 15) is 13.2 Å². The average molecular weight is 302 g/mol. The third-order valence-electron chi connectivity index (χ3n) is 3.49. The summed E-state index contributed by atoms with van der Waals surface area (Å²) in [4.78, 5) is 1.76. The van der Waals surface area contributed by atoms with Crippen LogP contribution in [-0.4, -0.2) is 32.3 Å². The van der Waals surface area contributed by atoms with Crippen LogP contribution in [0.3, 0.4) is 0 Å². The normalized spacial score (nSPS) is 18.4. The Kier molecular flexibility index (Phi) is 5.11. The van der Waals surface area contributed by atoms with Crippen molar-refractivity contribution in [2.24, 2.45) is 5.73 Å². The zero-order valence-corrected chi connectivity index (χ0v) is 12.1. The first-order valence-corrected chi connectivity index (χ1v) is 7.16. The second-order valence-corrected chi connectivity index (χ2v) is 5.48. The first kappa shape index (κ1) is 16.1. The SMILES string of the molecule is CC(N)Cc1ccc(N2CCCOCC2)c(C(F)(F)F)c1. The number of benzene rings is 1. The quantitative estimate of drug-likeness (QED) is 0.933. The summed E-state index contributed by atoms with van der Waals surface area (Å²) < 4.78 is 45.3. The maximum Gasteiger partial charge on any atom is 0.418 e. The molecule has 1 saturated heterocycles. The smallest absolute Gasteiger partial charge is 0.380 e. The molecule has 1 aromatic carbocycles. The van der Waals surface area contributed by atoms with Crippen molar-refractivity contribution in [2.45, 2.75) is 32.0 Å². The van der Waals surface area contributed by atoms with Crippen LogP contribution in [-0.2, 0) is 17.3 Å². The summed E-state index contributed by atoms with van der Waals surface area (Å²) >= 11 is 0. The molecule has 1 atom stereocenters. The predicted octanol–water partition coefficient (Wildman–Crippen LogP) is 2.82. The first-order valence-electron chi connectivity index (χ1n) is 7.16. The van der Waals surface area contributed by atoms with E-state index in [1.807, 2.05) is 0 Å². The molecule has 2 rings (SSSR count). The minimum Gasteiger partial charge on any atom is -0.380 e. The molecule has 0 radical (unpaired) electrons. The Hall–Kier alpha value is -1.27. The maximum atomic E-state index is 13.3. The van der Waals surface area contributed by atoms with Crippen molar-refractivity contribution in [1.29, 1.82) is 0 Å². The second kappa shape index (κ2) is 6.66. The number of anilines is 1. The van der Waals surface area contributed by atoms with Crippen molar-refractivity contribution in [3.63, 3.8) is 0 Å². The molecule has 1 heterocycles. The zero-order chi connectivity index (χ0) is 15.5. The number of nitrogens with two attached hydrogens (primary N) is 1. The van der Waals surface area contributed by atoms with E-state index in [0.717, 1.165) is 6.42 Å². The molecule has 118 valence electrons. The van der Waals surface area contributed by atoms with Gasteiger partial charge in [0.1, 0.15) is 0 Å². The summed E-state index contributed by atoms with van der Waals surface area (Å²) in [5.41, 5.74) is 5.95. The van der Waals surface area contributed by atoms with Crippen LogP contribution in [0.5, 0.6) is 0 Å². The molecule has 0 amide bonds. The first-order chi connectivity index (χ1) is 9.88. The molecule has 3 nitrogen and oxygen atoms in total. The van der Waals surface area contributed by atoms with E-state index in [4.69, 9.17) is 10.5 Å². The molecule has 0 aromatic heterocycles. The lowest BCUT2D eigenvalue weighted by Crippen LogP contribution is -2.28. The van der Waals surface area contributed by atoms with Gasteiger partial charge in [-0.2, -0.15) is 13.2 Å². The fourth-order valence-corrected chi connectivity index (χ4v) is 2.57. The van der Waals surface area contributed by atoms with E-state index in [0.29, 0.717) is 38.3 Å². The van der Waals surface area contributed by atoms with Crippen molar-refractivity contribution in [3.05, 3.63) is 29.3 Å². The van der Waals surface area contributed by atoms with Crippen molar-refractivity contribution < 1.29 is 17.9 Å². The lowest BCUT2D eigenvalue weighted by molar-refractivity contribution is -0.137. The van der Waals surface area contributed by atoms with Crippen molar-refractivity contribution >= 4 is 5.69 Å². The molecular formula is C15H21F3N2O. The number of hydrogen-bond acceptors (Lipinski definition) is 3. The number of rotatable bonds is 3. The van der Waals surface area contributed by atoms with Gasteiger partial charge < -0.3 is 15.4 Å². The van der Waals surface area contributed by atoms with Crippen molar-refractivity contribution in [1.82, 2.24) is 0 Å². The van der Waals surface area contributed by atoms with Crippen LogP contribution in [0.4, 0.5) is 18.9 Å². The van der Waals surface area contributed by atoms with Crippen molar-refractivity contribution in [2.75, 3.05) is 31.2 Å². The van der Waals surface area contributed by atoms with Crippen LogP contribution in [0, 0.1) is 0 Å². The third-order valence-corrected chi connectivity index (χ3v) is 3.49. The molecule has 0 bridgehead atoms. The Balaban J connectivity index is 2.34. The van der Waals surface area contributed by atoms with E-state index in [1.54, 1.807) is 24.0 Å². The highest BCUT2D eigenvalue weighted by molar-refractivity contribution is 5.56. The molecule has 1 aromatic rings. The minimum absolute atomic E-state index is 0.163. The Morgan fingerprint density at radius 3 is 2.71 bits per heavy atom. The molecule has 0 saturated carbocycles. The number of alkyl halides is 3. The highest BCUT2D eigenvalue weighted by Gasteiger charge is 2.35. The summed E-state index contributed by atoms with van der Waals surface area (Å²) in [5, 5.41) is 0. The Morgan fingerprint density at radius 1 is 1.29 bits per heavy atom. The molecular weight excluding hydrogens is 281 g/mol. The predicted molar refractivity (Wildman–Crippen MR) is 76.4 cm³/mol. The molecule has 1 aliphatic heterocycles. The summed E-state index contributed by atoms with van der Waals surface area (Å²) in [7, 11) is 0. The van der Waals surface area contributed by atoms with Gasteiger partial charge >= 0.3 is 6.18 Å². The highest BCUT2D eigenvalue weighted by atomic mass is 19.4. The molecule has 0 aliphatic carbocycles. The Bertz CT molecular complexity index is 466. The largest absolute Gasteiger partial charge is 0.418 e. The summed E-state index contributed by atoms with van der Waals surface area (Å²) in [6.45, 7) is 3.90. The molecule has 1 aliphatic rings. The van der Waals surface area contributed by atoms with Crippen LogP contribution in [0.15, 0.2) is 18.2 Å². The molecule has 21 heavy (non-hydrogen) atoms. The van der Waals surface area contributed by atoms with Crippen LogP contribution in [0.25, 0.3) is 0 Å². The van der Waals surface area contributed by atoms with Gasteiger partial charge in [0, 0.05) is 31.4 Å². The molecule has 0 spiro atoms. The fraction of sp³-hybridized carbons (Fsp3) is 0.600. The van der Waals surface area contributed by atoms with Gasteiger partial charge in [0.25, 0.3) is 0 Å². The number of ether oxygens (including phenoxy) is 1. The highest BCUT2D eigenvalue weighted by Crippen LogP contribution is 2.37. The van der Waals surface area contributed by atoms with Gasteiger partial charge in [-0.1, -0.05) is 6.07 Å². The number of halogens is 3. The molecule has 1 fully saturated rings. The van der Waals surface area contributed by atoms with Gasteiger partial charge in [0.05, 0.1) is 12.2 Å². The minimum atomic E-state index is -4.36. The van der Waals surface area contributed by atoms with Crippen LogP contribution < -0.4 is 10.6 Å². The van der Waals surface area contributed by atoms with Gasteiger partial charge in [0.2, 0.25) is 0 Å². The van der Waals surface area contributed by atoms with Gasteiger partial charge in [-0.05, 0) is 37.5 Å². The Morgan fingerprint density at radius 2 is 2.05 bits per heavy atom. The third kappa shape index (κ3) is 4.35. The monoisotopic (exact) mass is 302 g/mol. The number of nitrogens with zero attached hydrogens (tertiary/aromatic N) is 1. The standard InChI is InChI=1S/C15H21F3N2O/c1-11(19)9-12-3-4-14(13(10-12)15(16,17)18)20-5-2-7-21-8-6-20/h3-4,10-11H,2,5-9,19H2,1H3. The second-order valence-electron chi connectivity index (χ2n) is 5.48. The molecule has 6 heteroatoms. The lowest BCUT2D eigenvalue weighted by Gasteiger charge is -2.26. The fourth-order valence-electron chi connectivity index (χ4n) is 2.57. The summed E-state index contributed by atoms with van der Waals surface area (Å²) in [5.74, 6) is 0. The number of hydrogen-bond donors (Lipinski definition) is 1. The van der Waals surface area contributed by atoms with E-state index < -0.39 is 11.7 Å². The summed E-state index contributed by atoms with van der Waals surface area (Å²) in [6.07, 6.45) is -3.19.